The van der Waals surface area contributed by atoms with E-state index in [0.717, 1.165) is 31.8 Å². The predicted molar refractivity (Wildman–Crippen MR) is 67.6 cm³/mol. The molecule has 3 nitrogen and oxygen atoms in total. The Morgan fingerprint density at radius 1 is 1.19 bits per heavy atom. The Morgan fingerprint density at radius 2 is 1.88 bits per heavy atom. The molecule has 0 aliphatic heterocycles. The molecule has 0 bridgehead atoms. The first-order valence-electron chi connectivity index (χ1n) is 5.78. The van der Waals surface area contributed by atoms with Crippen LogP contribution >= 0.6 is 0 Å². The van der Waals surface area contributed by atoms with E-state index in [2.05, 4.69) is 24.1 Å². The van der Waals surface area contributed by atoms with E-state index in [0.29, 0.717) is 0 Å². The van der Waals surface area contributed by atoms with Crippen molar-refractivity contribution in [3.63, 3.8) is 0 Å². The van der Waals surface area contributed by atoms with Crippen LogP contribution < -0.4 is 10.5 Å². The lowest BCUT2D eigenvalue weighted by Crippen LogP contribution is -2.19. The van der Waals surface area contributed by atoms with Gasteiger partial charge >= 0.3 is 0 Å². The van der Waals surface area contributed by atoms with Gasteiger partial charge in [0.15, 0.2) is 0 Å². The van der Waals surface area contributed by atoms with Gasteiger partial charge in [-0.15, -0.1) is 0 Å². The summed E-state index contributed by atoms with van der Waals surface area (Å²) in [5.74, 6) is 0.912. The SMILES string of the molecule is COc1ccc(CN(C)CCCCN)cc1. The molecule has 0 radical (unpaired) electrons. The Bertz CT molecular complexity index is 284. The molecular formula is C13H22N2O. The molecule has 0 amide bonds. The van der Waals surface area contributed by atoms with Crippen molar-refractivity contribution in [1.29, 1.82) is 0 Å². The maximum Gasteiger partial charge on any atom is 0.118 e. The minimum absolute atomic E-state index is 0.788. The molecule has 0 aliphatic rings. The predicted octanol–water partition coefficient (Wildman–Crippen LogP) is 1.87. The van der Waals surface area contributed by atoms with Crippen molar-refractivity contribution in [1.82, 2.24) is 4.90 Å². The number of nitrogens with zero attached hydrogens (tertiary/aromatic N) is 1. The summed E-state index contributed by atoms with van der Waals surface area (Å²) in [7, 11) is 3.83. The Kier molecular flexibility index (Phi) is 5.90. The number of ether oxygens (including phenoxy) is 1. The van der Waals surface area contributed by atoms with Crippen molar-refractivity contribution in [3.8, 4) is 5.75 Å². The maximum absolute atomic E-state index is 5.47. The number of nitrogens with two attached hydrogens (primary N) is 1. The quantitative estimate of drug-likeness (QED) is 0.716. The Balaban J connectivity index is 2.34. The van der Waals surface area contributed by atoms with Crippen LogP contribution in [0.1, 0.15) is 18.4 Å². The van der Waals surface area contributed by atoms with Crippen LogP contribution in [0.4, 0.5) is 0 Å². The van der Waals surface area contributed by atoms with Gasteiger partial charge in [0.2, 0.25) is 0 Å². The first kappa shape index (κ1) is 13.0. The molecule has 2 N–H and O–H groups in total. The first-order chi connectivity index (χ1) is 7.76. The number of benzene rings is 1. The number of hydrogen-bond acceptors (Lipinski definition) is 3. The molecular weight excluding hydrogens is 200 g/mol. The lowest BCUT2D eigenvalue weighted by Gasteiger charge is -2.16. The van der Waals surface area contributed by atoms with Crippen molar-refractivity contribution < 1.29 is 4.74 Å². The molecule has 1 aromatic rings. The standard InChI is InChI=1S/C13H22N2O/c1-15(10-4-3-9-14)11-12-5-7-13(16-2)8-6-12/h5-8H,3-4,9-11,14H2,1-2H3. The summed E-state index contributed by atoms with van der Waals surface area (Å²) in [6, 6.07) is 8.22. The van der Waals surface area contributed by atoms with Gasteiger partial charge in [0, 0.05) is 6.54 Å². The average molecular weight is 222 g/mol. The maximum atomic E-state index is 5.47. The van der Waals surface area contributed by atoms with Crippen LogP contribution in [-0.2, 0) is 6.54 Å². The molecule has 0 fully saturated rings. The number of unbranched alkanes of at least 4 members (excludes halogenated alkanes) is 1. The summed E-state index contributed by atoms with van der Waals surface area (Å²) < 4.78 is 5.13. The summed E-state index contributed by atoms with van der Waals surface area (Å²) in [4.78, 5) is 2.32. The molecule has 0 aliphatic carbocycles. The van der Waals surface area contributed by atoms with Gasteiger partial charge in [-0.1, -0.05) is 12.1 Å². The van der Waals surface area contributed by atoms with E-state index in [1.165, 1.54) is 12.0 Å². The zero-order valence-corrected chi connectivity index (χ0v) is 10.3. The van der Waals surface area contributed by atoms with E-state index in [9.17, 15) is 0 Å². The van der Waals surface area contributed by atoms with Crippen molar-refractivity contribution in [2.75, 3.05) is 27.2 Å². The highest BCUT2D eigenvalue weighted by molar-refractivity contribution is 5.26. The molecule has 1 rings (SSSR count). The molecule has 0 saturated carbocycles. The summed E-state index contributed by atoms with van der Waals surface area (Å²) in [5.41, 5.74) is 6.78. The number of methoxy groups -OCH3 is 1. The van der Waals surface area contributed by atoms with Crippen molar-refractivity contribution >= 4 is 0 Å². The van der Waals surface area contributed by atoms with E-state index < -0.39 is 0 Å². The van der Waals surface area contributed by atoms with Crippen LogP contribution in [0, 0.1) is 0 Å². The van der Waals surface area contributed by atoms with Gasteiger partial charge < -0.3 is 15.4 Å². The molecule has 0 atom stereocenters. The number of hydrogen-bond donors (Lipinski definition) is 1. The molecule has 90 valence electrons. The lowest BCUT2D eigenvalue weighted by atomic mass is 10.2. The van der Waals surface area contributed by atoms with Crippen LogP contribution in [0.3, 0.4) is 0 Å². The van der Waals surface area contributed by atoms with Crippen molar-refractivity contribution in [2.24, 2.45) is 5.73 Å². The van der Waals surface area contributed by atoms with Gasteiger partial charge in [-0.05, 0) is 50.7 Å². The van der Waals surface area contributed by atoms with E-state index in [1.807, 2.05) is 12.1 Å². The molecule has 1 aromatic carbocycles. The van der Waals surface area contributed by atoms with Gasteiger partial charge in [0.1, 0.15) is 5.75 Å². The highest BCUT2D eigenvalue weighted by atomic mass is 16.5. The fraction of sp³-hybridized carbons (Fsp3) is 0.538. The fourth-order valence-electron chi connectivity index (χ4n) is 1.65. The molecule has 0 unspecified atom stereocenters. The molecule has 16 heavy (non-hydrogen) atoms. The van der Waals surface area contributed by atoms with Gasteiger partial charge in [-0.25, -0.2) is 0 Å². The van der Waals surface area contributed by atoms with Crippen LogP contribution in [0.15, 0.2) is 24.3 Å². The third-order valence-electron chi connectivity index (χ3n) is 2.61. The van der Waals surface area contributed by atoms with E-state index >= 15 is 0 Å². The Labute approximate surface area is 98.2 Å². The van der Waals surface area contributed by atoms with Crippen LogP contribution in [-0.4, -0.2) is 32.1 Å². The Hall–Kier alpha value is -1.06. The van der Waals surface area contributed by atoms with Gasteiger partial charge in [-0.3, -0.25) is 0 Å². The zero-order valence-electron chi connectivity index (χ0n) is 10.3. The number of rotatable bonds is 7. The van der Waals surface area contributed by atoms with Crippen molar-refractivity contribution in [2.45, 2.75) is 19.4 Å². The second-order valence-electron chi connectivity index (χ2n) is 4.08. The van der Waals surface area contributed by atoms with Gasteiger partial charge in [-0.2, -0.15) is 0 Å². The second-order valence-corrected chi connectivity index (χ2v) is 4.08. The third kappa shape index (κ3) is 4.64. The average Bonchev–Trinajstić information content (AvgIpc) is 2.30. The molecule has 0 saturated heterocycles. The fourth-order valence-corrected chi connectivity index (χ4v) is 1.65. The van der Waals surface area contributed by atoms with Crippen LogP contribution in [0.2, 0.25) is 0 Å². The minimum atomic E-state index is 0.788. The molecule has 3 heteroatoms. The second kappa shape index (κ2) is 7.25. The highest BCUT2D eigenvalue weighted by Gasteiger charge is 2.00. The monoisotopic (exact) mass is 222 g/mol. The largest absolute Gasteiger partial charge is 0.497 e. The third-order valence-corrected chi connectivity index (χ3v) is 2.61. The molecule has 0 spiro atoms. The summed E-state index contributed by atoms with van der Waals surface area (Å²) in [5, 5.41) is 0. The summed E-state index contributed by atoms with van der Waals surface area (Å²) in [6.07, 6.45) is 2.27. The molecule has 0 aromatic heterocycles. The Morgan fingerprint density at radius 3 is 2.44 bits per heavy atom. The summed E-state index contributed by atoms with van der Waals surface area (Å²) in [6.45, 7) is 2.87. The van der Waals surface area contributed by atoms with E-state index in [1.54, 1.807) is 7.11 Å². The molecule has 0 heterocycles. The normalized spacial score (nSPS) is 10.8. The van der Waals surface area contributed by atoms with Crippen molar-refractivity contribution in [3.05, 3.63) is 29.8 Å². The highest BCUT2D eigenvalue weighted by Crippen LogP contribution is 2.12. The topological polar surface area (TPSA) is 38.5 Å². The minimum Gasteiger partial charge on any atom is -0.497 e. The van der Waals surface area contributed by atoms with Crippen LogP contribution in [0.5, 0.6) is 5.75 Å². The van der Waals surface area contributed by atoms with Gasteiger partial charge in [0.25, 0.3) is 0 Å². The summed E-state index contributed by atoms with van der Waals surface area (Å²) >= 11 is 0. The van der Waals surface area contributed by atoms with E-state index in [-0.39, 0.29) is 0 Å². The first-order valence-corrected chi connectivity index (χ1v) is 5.78. The van der Waals surface area contributed by atoms with Crippen LogP contribution in [0.25, 0.3) is 0 Å². The van der Waals surface area contributed by atoms with E-state index in [4.69, 9.17) is 10.5 Å². The smallest absolute Gasteiger partial charge is 0.118 e. The van der Waals surface area contributed by atoms with Gasteiger partial charge in [0.05, 0.1) is 7.11 Å². The lowest BCUT2D eigenvalue weighted by molar-refractivity contribution is 0.319. The zero-order chi connectivity index (χ0) is 11.8.